The number of halogens is 1. The Balaban J connectivity index is 2.01. The zero-order valence-corrected chi connectivity index (χ0v) is 15.3. The number of rotatable bonds is 4. The lowest BCUT2D eigenvalue weighted by Crippen LogP contribution is -2.45. The SMILES string of the molecule is CC(C(=O)Nc1cc(C2CC2)c(Cl)nn1)N(C)C(=O)OC(C)(C)C. The highest BCUT2D eigenvalue weighted by Gasteiger charge is 2.29. The van der Waals surface area contributed by atoms with Crippen molar-refractivity contribution in [1.29, 1.82) is 0 Å². The van der Waals surface area contributed by atoms with Crippen LogP contribution in [0.15, 0.2) is 6.07 Å². The number of likely N-dealkylation sites (N-methyl/N-ethyl adjacent to an activating group) is 1. The van der Waals surface area contributed by atoms with Gasteiger partial charge in [0.05, 0.1) is 0 Å². The fourth-order valence-corrected chi connectivity index (χ4v) is 2.28. The zero-order valence-electron chi connectivity index (χ0n) is 14.6. The number of hydrogen-bond acceptors (Lipinski definition) is 5. The van der Waals surface area contributed by atoms with Gasteiger partial charge in [-0.25, -0.2) is 4.79 Å². The van der Waals surface area contributed by atoms with Gasteiger partial charge in [-0.15, -0.1) is 10.2 Å². The molecule has 1 fully saturated rings. The molecule has 1 unspecified atom stereocenters. The quantitative estimate of drug-likeness (QED) is 0.897. The minimum atomic E-state index is -0.721. The first-order chi connectivity index (χ1) is 11.1. The van der Waals surface area contributed by atoms with Crippen LogP contribution in [0.25, 0.3) is 0 Å². The van der Waals surface area contributed by atoms with Crippen LogP contribution in [-0.2, 0) is 9.53 Å². The molecule has 132 valence electrons. The molecule has 1 atom stereocenters. The van der Waals surface area contributed by atoms with Gasteiger partial charge in [0.15, 0.2) is 11.0 Å². The number of amides is 2. The number of ether oxygens (including phenoxy) is 1. The van der Waals surface area contributed by atoms with Crippen molar-refractivity contribution in [3.8, 4) is 0 Å². The molecule has 2 rings (SSSR count). The minimum absolute atomic E-state index is 0.329. The summed E-state index contributed by atoms with van der Waals surface area (Å²) in [6.07, 6.45) is 1.57. The van der Waals surface area contributed by atoms with E-state index in [1.807, 2.05) is 0 Å². The van der Waals surface area contributed by atoms with Crippen LogP contribution in [0.2, 0.25) is 5.15 Å². The van der Waals surface area contributed by atoms with Gasteiger partial charge in [0, 0.05) is 7.05 Å². The maximum atomic E-state index is 12.3. The second-order valence-corrected chi connectivity index (χ2v) is 7.36. The molecule has 1 saturated carbocycles. The summed E-state index contributed by atoms with van der Waals surface area (Å²) < 4.78 is 5.26. The fraction of sp³-hybridized carbons (Fsp3) is 0.625. The minimum Gasteiger partial charge on any atom is -0.444 e. The van der Waals surface area contributed by atoms with Gasteiger partial charge in [-0.3, -0.25) is 9.69 Å². The van der Waals surface area contributed by atoms with E-state index < -0.39 is 17.7 Å². The number of nitrogens with zero attached hydrogens (tertiary/aromatic N) is 3. The highest BCUT2D eigenvalue weighted by atomic mass is 35.5. The maximum absolute atomic E-state index is 12.3. The molecule has 0 aromatic carbocycles. The molecule has 2 amide bonds. The van der Waals surface area contributed by atoms with E-state index in [4.69, 9.17) is 16.3 Å². The average Bonchev–Trinajstić information content (AvgIpc) is 3.30. The number of anilines is 1. The van der Waals surface area contributed by atoms with Gasteiger partial charge in [-0.2, -0.15) is 0 Å². The van der Waals surface area contributed by atoms with E-state index in [-0.39, 0.29) is 5.91 Å². The monoisotopic (exact) mass is 354 g/mol. The molecule has 8 heteroatoms. The number of hydrogen-bond donors (Lipinski definition) is 1. The van der Waals surface area contributed by atoms with E-state index in [2.05, 4.69) is 15.5 Å². The first-order valence-corrected chi connectivity index (χ1v) is 8.26. The van der Waals surface area contributed by atoms with Crippen LogP contribution < -0.4 is 5.32 Å². The Bertz CT molecular complexity index is 641. The van der Waals surface area contributed by atoms with Crippen molar-refractivity contribution >= 4 is 29.4 Å². The molecular formula is C16H23ClN4O3. The average molecular weight is 355 g/mol. The van der Waals surface area contributed by atoms with Crippen molar-refractivity contribution in [1.82, 2.24) is 15.1 Å². The van der Waals surface area contributed by atoms with E-state index >= 15 is 0 Å². The van der Waals surface area contributed by atoms with Crippen LogP contribution in [0.4, 0.5) is 10.6 Å². The second kappa shape index (κ2) is 6.93. The summed E-state index contributed by atoms with van der Waals surface area (Å²) in [5.41, 5.74) is 0.276. The van der Waals surface area contributed by atoms with Crippen molar-refractivity contribution in [3.05, 3.63) is 16.8 Å². The van der Waals surface area contributed by atoms with Crippen LogP contribution in [-0.4, -0.2) is 45.8 Å². The van der Waals surface area contributed by atoms with Crippen molar-refractivity contribution in [2.75, 3.05) is 12.4 Å². The third-order valence-electron chi connectivity index (χ3n) is 3.69. The molecule has 0 spiro atoms. The van der Waals surface area contributed by atoms with E-state index in [1.165, 1.54) is 11.9 Å². The van der Waals surface area contributed by atoms with E-state index in [9.17, 15) is 9.59 Å². The zero-order chi connectivity index (χ0) is 18.1. The summed E-state index contributed by atoms with van der Waals surface area (Å²) in [6, 6.07) is 1.02. The van der Waals surface area contributed by atoms with Crippen molar-refractivity contribution < 1.29 is 14.3 Å². The Morgan fingerprint density at radius 3 is 2.54 bits per heavy atom. The highest BCUT2D eigenvalue weighted by molar-refractivity contribution is 6.30. The van der Waals surface area contributed by atoms with Crippen LogP contribution >= 0.6 is 11.6 Å². The van der Waals surface area contributed by atoms with Crippen molar-refractivity contribution in [2.45, 2.75) is 58.1 Å². The lowest BCUT2D eigenvalue weighted by Gasteiger charge is -2.28. The lowest BCUT2D eigenvalue weighted by molar-refractivity contribution is -0.120. The molecule has 0 aliphatic heterocycles. The van der Waals surface area contributed by atoms with Crippen LogP contribution in [0, 0.1) is 0 Å². The van der Waals surface area contributed by atoms with Gasteiger partial charge in [0.1, 0.15) is 11.6 Å². The molecule has 1 N–H and O–H groups in total. The Morgan fingerprint density at radius 2 is 2.00 bits per heavy atom. The lowest BCUT2D eigenvalue weighted by atomic mass is 10.2. The van der Waals surface area contributed by atoms with E-state index in [1.54, 1.807) is 33.8 Å². The summed E-state index contributed by atoms with van der Waals surface area (Å²) in [6.45, 7) is 6.93. The molecule has 0 saturated heterocycles. The predicted octanol–water partition coefficient (Wildman–Crippen LogP) is 3.20. The number of nitrogens with one attached hydrogen (secondary N) is 1. The molecule has 7 nitrogen and oxygen atoms in total. The summed E-state index contributed by atoms with van der Waals surface area (Å²) in [7, 11) is 1.52. The van der Waals surface area contributed by atoms with Crippen molar-refractivity contribution in [3.63, 3.8) is 0 Å². The van der Waals surface area contributed by atoms with Gasteiger partial charge in [-0.05, 0) is 58.1 Å². The first-order valence-electron chi connectivity index (χ1n) is 7.88. The molecule has 1 aromatic heterocycles. The Hall–Kier alpha value is -1.89. The topological polar surface area (TPSA) is 84.4 Å². The molecule has 1 aliphatic carbocycles. The highest BCUT2D eigenvalue weighted by Crippen LogP contribution is 2.42. The second-order valence-electron chi connectivity index (χ2n) is 7.01. The predicted molar refractivity (Wildman–Crippen MR) is 91.1 cm³/mol. The van der Waals surface area contributed by atoms with E-state index in [0.717, 1.165) is 18.4 Å². The normalized spacial score (nSPS) is 15.6. The molecule has 1 heterocycles. The first kappa shape index (κ1) is 18.4. The van der Waals surface area contributed by atoms with Gasteiger partial charge in [0.25, 0.3) is 0 Å². The summed E-state index contributed by atoms with van der Waals surface area (Å²) in [4.78, 5) is 25.6. The standard InChI is InChI=1S/C16H23ClN4O3/c1-9(21(5)15(23)24-16(2,3)4)14(22)18-12-8-11(10-6-7-10)13(17)20-19-12/h8-10H,6-7H2,1-5H3,(H,18,19,22). The molecular weight excluding hydrogens is 332 g/mol. The smallest absolute Gasteiger partial charge is 0.410 e. The molecule has 0 radical (unpaired) electrons. The third-order valence-corrected chi connectivity index (χ3v) is 3.98. The number of aromatic nitrogens is 2. The van der Waals surface area contributed by atoms with Crippen LogP contribution in [0.3, 0.4) is 0 Å². The van der Waals surface area contributed by atoms with Crippen LogP contribution in [0.1, 0.15) is 52.0 Å². The maximum Gasteiger partial charge on any atom is 0.410 e. The van der Waals surface area contributed by atoms with Crippen LogP contribution in [0.5, 0.6) is 0 Å². The van der Waals surface area contributed by atoms with Gasteiger partial charge in [-0.1, -0.05) is 11.6 Å². The summed E-state index contributed by atoms with van der Waals surface area (Å²) >= 11 is 6.03. The third kappa shape index (κ3) is 4.80. The Labute approximate surface area is 146 Å². The van der Waals surface area contributed by atoms with E-state index in [0.29, 0.717) is 16.9 Å². The van der Waals surface area contributed by atoms with Gasteiger partial charge < -0.3 is 10.1 Å². The summed E-state index contributed by atoms with van der Waals surface area (Å²) in [5, 5.41) is 10.8. The van der Waals surface area contributed by atoms with Gasteiger partial charge >= 0.3 is 6.09 Å². The van der Waals surface area contributed by atoms with Crippen molar-refractivity contribution in [2.24, 2.45) is 0 Å². The molecule has 1 aromatic rings. The van der Waals surface area contributed by atoms with Gasteiger partial charge in [0.2, 0.25) is 5.91 Å². The number of carbonyl (C=O) groups excluding carboxylic acids is 2. The molecule has 24 heavy (non-hydrogen) atoms. The largest absolute Gasteiger partial charge is 0.444 e. The Morgan fingerprint density at radius 1 is 1.38 bits per heavy atom. The molecule has 0 bridgehead atoms. The number of carbonyl (C=O) groups is 2. The fourth-order valence-electron chi connectivity index (χ4n) is 2.03. The Kier molecular flexibility index (Phi) is 5.32. The molecule has 1 aliphatic rings. The summed E-state index contributed by atoms with van der Waals surface area (Å²) in [5.74, 6) is 0.350.